The smallest absolute Gasteiger partial charge is 0.234 e. The van der Waals surface area contributed by atoms with Gasteiger partial charge in [0.15, 0.2) is 0 Å². The van der Waals surface area contributed by atoms with E-state index in [1.807, 2.05) is 32.0 Å². The van der Waals surface area contributed by atoms with Gasteiger partial charge in [0, 0.05) is 10.9 Å². The summed E-state index contributed by atoms with van der Waals surface area (Å²) in [4.78, 5) is 11.8. The summed E-state index contributed by atoms with van der Waals surface area (Å²) in [6.45, 7) is 6.84. The molecule has 0 fully saturated rings. The minimum atomic E-state index is 0.0533. The number of carbonyl (C=O) groups excluding carboxylic acids is 1. The van der Waals surface area contributed by atoms with Crippen molar-refractivity contribution in [3.8, 4) is 0 Å². The number of rotatable bonds is 6. The van der Waals surface area contributed by atoms with Gasteiger partial charge in [-0.25, -0.2) is 0 Å². The van der Waals surface area contributed by atoms with Crippen molar-refractivity contribution in [2.24, 2.45) is 5.73 Å². The minimum Gasteiger partial charge on any atom is -0.330 e. The fraction of sp³-hybridized carbons (Fsp3) is 0.500. The molecular formula is C14H22N2OS. The second-order valence-electron chi connectivity index (χ2n) is 4.49. The van der Waals surface area contributed by atoms with Crippen LogP contribution >= 0.6 is 11.8 Å². The Labute approximate surface area is 114 Å². The van der Waals surface area contributed by atoms with Crippen LogP contribution in [0.1, 0.15) is 24.5 Å². The molecule has 0 aromatic heterocycles. The van der Waals surface area contributed by atoms with E-state index < -0.39 is 0 Å². The number of hydrogen-bond acceptors (Lipinski definition) is 3. The van der Waals surface area contributed by atoms with Crippen LogP contribution in [0.5, 0.6) is 0 Å². The van der Waals surface area contributed by atoms with Crippen molar-refractivity contribution in [1.29, 1.82) is 0 Å². The third-order valence-electron chi connectivity index (χ3n) is 2.95. The summed E-state index contributed by atoms with van der Waals surface area (Å²) in [5, 5.41) is 3.39. The topological polar surface area (TPSA) is 55.1 Å². The lowest BCUT2D eigenvalue weighted by atomic mass is 10.1. The number of amides is 1. The Morgan fingerprint density at radius 2 is 2.17 bits per heavy atom. The van der Waals surface area contributed by atoms with Gasteiger partial charge in [-0.05, 0) is 44.0 Å². The van der Waals surface area contributed by atoms with Gasteiger partial charge >= 0.3 is 0 Å². The van der Waals surface area contributed by atoms with E-state index in [0.717, 1.165) is 17.7 Å². The monoisotopic (exact) mass is 266 g/mol. The standard InChI is InChI=1S/C14H22N2OS/c1-10-5-4-6-13(12(10)3)16-14(17)9-18-11(2)7-8-15/h4-6,11H,7-9,15H2,1-3H3,(H,16,17). The van der Waals surface area contributed by atoms with Gasteiger partial charge in [-0.2, -0.15) is 0 Å². The zero-order valence-electron chi connectivity index (χ0n) is 11.3. The van der Waals surface area contributed by atoms with Crippen molar-refractivity contribution in [3.63, 3.8) is 0 Å². The van der Waals surface area contributed by atoms with E-state index in [1.54, 1.807) is 11.8 Å². The van der Waals surface area contributed by atoms with Crippen LogP contribution in [0.3, 0.4) is 0 Å². The van der Waals surface area contributed by atoms with Gasteiger partial charge in [0.05, 0.1) is 5.75 Å². The number of benzene rings is 1. The predicted molar refractivity (Wildman–Crippen MR) is 80.1 cm³/mol. The van der Waals surface area contributed by atoms with Gasteiger partial charge < -0.3 is 11.1 Å². The van der Waals surface area contributed by atoms with E-state index in [0.29, 0.717) is 17.5 Å². The average Bonchev–Trinajstić information content (AvgIpc) is 2.33. The van der Waals surface area contributed by atoms with Gasteiger partial charge in [0.1, 0.15) is 0 Å². The normalized spacial score (nSPS) is 12.2. The molecule has 1 unspecified atom stereocenters. The summed E-state index contributed by atoms with van der Waals surface area (Å²) < 4.78 is 0. The minimum absolute atomic E-state index is 0.0533. The molecule has 18 heavy (non-hydrogen) atoms. The van der Waals surface area contributed by atoms with Crippen LogP contribution in [-0.4, -0.2) is 23.5 Å². The maximum absolute atomic E-state index is 11.8. The summed E-state index contributed by atoms with van der Waals surface area (Å²) in [5.74, 6) is 0.534. The molecule has 1 atom stereocenters. The van der Waals surface area contributed by atoms with E-state index in [-0.39, 0.29) is 5.91 Å². The summed E-state index contributed by atoms with van der Waals surface area (Å²) in [5.41, 5.74) is 8.71. The molecule has 0 spiro atoms. The van der Waals surface area contributed by atoms with Crippen LogP contribution in [0.25, 0.3) is 0 Å². The number of nitrogens with one attached hydrogen (secondary N) is 1. The predicted octanol–water partition coefficient (Wildman–Crippen LogP) is 2.71. The molecule has 0 saturated carbocycles. The molecule has 3 N–H and O–H groups in total. The van der Waals surface area contributed by atoms with Crippen molar-refractivity contribution >= 4 is 23.4 Å². The van der Waals surface area contributed by atoms with Gasteiger partial charge in [-0.3, -0.25) is 4.79 Å². The average molecular weight is 266 g/mol. The molecule has 0 heterocycles. The Morgan fingerprint density at radius 1 is 1.44 bits per heavy atom. The van der Waals surface area contributed by atoms with Crippen LogP contribution in [0.4, 0.5) is 5.69 Å². The maximum atomic E-state index is 11.8. The van der Waals surface area contributed by atoms with Crippen molar-refractivity contribution in [2.75, 3.05) is 17.6 Å². The highest BCUT2D eigenvalue weighted by Gasteiger charge is 2.08. The van der Waals surface area contributed by atoms with Crippen LogP contribution in [0, 0.1) is 13.8 Å². The summed E-state index contributed by atoms with van der Waals surface area (Å²) in [7, 11) is 0. The van der Waals surface area contributed by atoms with E-state index >= 15 is 0 Å². The Kier molecular flexibility index (Phi) is 6.22. The second kappa shape index (κ2) is 7.44. The maximum Gasteiger partial charge on any atom is 0.234 e. The van der Waals surface area contributed by atoms with Gasteiger partial charge in [0.2, 0.25) is 5.91 Å². The first-order valence-corrected chi connectivity index (χ1v) is 7.27. The molecule has 0 saturated heterocycles. The van der Waals surface area contributed by atoms with E-state index in [1.165, 1.54) is 5.56 Å². The highest BCUT2D eigenvalue weighted by molar-refractivity contribution is 8.00. The van der Waals surface area contributed by atoms with Crippen molar-refractivity contribution in [1.82, 2.24) is 0 Å². The van der Waals surface area contributed by atoms with E-state index in [9.17, 15) is 4.79 Å². The first-order valence-electron chi connectivity index (χ1n) is 6.22. The molecule has 0 aliphatic rings. The Bertz CT molecular complexity index is 407. The highest BCUT2D eigenvalue weighted by atomic mass is 32.2. The van der Waals surface area contributed by atoms with Crippen LogP contribution in [0.2, 0.25) is 0 Å². The van der Waals surface area contributed by atoms with Crippen molar-refractivity contribution in [3.05, 3.63) is 29.3 Å². The molecule has 1 aromatic rings. The first-order chi connectivity index (χ1) is 8.54. The highest BCUT2D eigenvalue weighted by Crippen LogP contribution is 2.19. The number of thioether (sulfide) groups is 1. The summed E-state index contributed by atoms with van der Waals surface area (Å²) >= 11 is 1.65. The molecule has 0 radical (unpaired) electrons. The van der Waals surface area contributed by atoms with Crippen LogP contribution < -0.4 is 11.1 Å². The number of carbonyl (C=O) groups is 1. The van der Waals surface area contributed by atoms with Crippen LogP contribution in [-0.2, 0) is 4.79 Å². The van der Waals surface area contributed by atoms with Crippen LogP contribution in [0.15, 0.2) is 18.2 Å². The number of nitrogens with two attached hydrogens (primary N) is 1. The Hall–Kier alpha value is -1.00. The third kappa shape index (κ3) is 4.70. The Balaban J connectivity index is 2.47. The van der Waals surface area contributed by atoms with Gasteiger partial charge in [-0.15, -0.1) is 11.8 Å². The number of aryl methyl sites for hydroxylation is 1. The molecule has 4 heteroatoms. The first kappa shape index (κ1) is 15.1. The molecule has 1 amide bonds. The second-order valence-corrected chi connectivity index (χ2v) is 5.92. The lowest BCUT2D eigenvalue weighted by Gasteiger charge is -2.12. The lowest BCUT2D eigenvalue weighted by Crippen LogP contribution is -2.17. The fourth-order valence-electron chi connectivity index (χ4n) is 1.61. The molecule has 100 valence electrons. The largest absolute Gasteiger partial charge is 0.330 e. The van der Waals surface area contributed by atoms with E-state index in [2.05, 4.69) is 12.2 Å². The molecule has 0 bridgehead atoms. The fourth-order valence-corrected chi connectivity index (χ4v) is 2.42. The summed E-state index contributed by atoms with van der Waals surface area (Å²) in [6, 6.07) is 5.94. The SMILES string of the molecule is Cc1cccc(NC(=O)CSC(C)CCN)c1C. The van der Waals surface area contributed by atoms with Gasteiger partial charge in [-0.1, -0.05) is 19.1 Å². The molecular weight excluding hydrogens is 244 g/mol. The third-order valence-corrected chi connectivity index (χ3v) is 4.18. The summed E-state index contributed by atoms with van der Waals surface area (Å²) in [6.07, 6.45) is 0.946. The van der Waals surface area contributed by atoms with Crippen molar-refractivity contribution < 1.29 is 4.79 Å². The number of anilines is 1. The van der Waals surface area contributed by atoms with E-state index in [4.69, 9.17) is 5.73 Å². The molecule has 0 aliphatic carbocycles. The number of hydrogen-bond donors (Lipinski definition) is 2. The zero-order valence-corrected chi connectivity index (χ0v) is 12.1. The zero-order chi connectivity index (χ0) is 13.5. The Morgan fingerprint density at radius 3 is 2.83 bits per heavy atom. The van der Waals surface area contributed by atoms with Crippen molar-refractivity contribution in [2.45, 2.75) is 32.4 Å². The quantitative estimate of drug-likeness (QED) is 0.832. The molecule has 0 aliphatic heterocycles. The molecule has 1 rings (SSSR count). The molecule has 1 aromatic carbocycles. The van der Waals surface area contributed by atoms with Gasteiger partial charge in [0.25, 0.3) is 0 Å². The molecule has 3 nitrogen and oxygen atoms in total. The lowest BCUT2D eigenvalue weighted by molar-refractivity contribution is -0.113.